The van der Waals surface area contributed by atoms with E-state index in [-0.39, 0.29) is 5.84 Å². The molecule has 0 aliphatic heterocycles. The van der Waals surface area contributed by atoms with Gasteiger partial charge in [0.1, 0.15) is 11.7 Å². The van der Waals surface area contributed by atoms with Crippen LogP contribution in [0.25, 0.3) is 0 Å². The number of aryl methyl sites for hydroxylation is 1. The minimum Gasteiger partial charge on any atom is -0.363 e. The first-order chi connectivity index (χ1) is 6.54. The zero-order chi connectivity index (χ0) is 10.7. The van der Waals surface area contributed by atoms with Crippen LogP contribution in [0.15, 0.2) is 12.1 Å². The van der Waals surface area contributed by atoms with E-state index in [0.717, 1.165) is 11.5 Å². The van der Waals surface area contributed by atoms with Crippen molar-refractivity contribution in [1.82, 2.24) is 10.5 Å². The maximum absolute atomic E-state index is 8.60. The number of pyridine rings is 1. The van der Waals surface area contributed by atoms with Crippen LogP contribution in [-0.2, 0) is 0 Å². The number of nitrogens with one attached hydrogen (secondary N) is 2. The second-order valence-electron chi connectivity index (χ2n) is 3.24. The molecule has 1 rings (SSSR count). The molecule has 0 bridgehead atoms. The lowest BCUT2D eigenvalue weighted by atomic mass is 10.2. The van der Waals surface area contributed by atoms with Crippen molar-refractivity contribution in [3.63, 3.8) is 0 Å². The zero-order valence-corrected chi connectivity index (χ0v) is 8.50. The molecule has 0 aliphatic rings. The minimum absolute atomic E-state index is 0.0291. The molecule has 0 radical (unpaired) electrons. The van der Waals surface area contributed by atoms with Crippen LogP contribution in [0.3, 0.4) is 0 Å². The smallest absolute Gasteiger partial charge is 0.149 e. The van der Waals surface area contributed by atoms with Gasteiger partial charge in [0.2, 0.25) is 0 Å². The van der Waals surface area contributed by atoms with Crippen molar-refractivity contribution in [2.45, 2.75) is 6.92 Å². The molecule has 0 unspecified atom stereocenters. The Morgan fingerprint density at radius 3 is 2.64 bits per heavy atom. The van der Waals surface area contributed by atoms with Gasteiger partial charge >= 0.3 is 0 Å². The molecule has 14 heavy (non-hydrogen) atoms. The molecule has 76 valence electrons. The monoisotopic (exact) mass is 194 g/mol. The number of amidine groups is 1. The van der Waals surface area contributed by atoms with E-state index in [1.807, 2.05) is 31.4 Å². The van der Waals surface area contributed by atoms with Crippen LogP contribution in [0.2, 0.25) is 0 Å². The Hall–Kier alpha value is -1.62. The standard InChI is InChI=1S/C9H14N4O/c1-6-4-7(9(10)12-14)5-8(11-6)13(2)3/h4-5,14H,1-3H3,(H2,10,12). The molecule has 5 nitrogen and oxygen atoms in total. The van der Waals surface area contributed by atoms with E-state index in [1.54, 1.807) is 12.1 Å². The number of anilines is 1. The summed E-state index contributed by atoms with van der Waals surface area (Å²) in [6.45, 7) is 1.85. The average molecular weight is 194 g/mol. The topological polar surface area (TPSA) is 72.2 Å². The van der Waals surface area contributed by atoms with Gasteiger partial charge < -0.3 is 4.90 Å². The van der Waals surface area contributed by atoms with Gasteiger partial charge in [0, 0.05) is 25.4 Å². The third-order valence-corrected chi connectivity index (χ3v) is 1.80. The second kappa shape index (κ2) is 4.06. The van der Waals surface area contributed by atoms with Gasteiger partial charge in [-0.25, -0.2) is 4.98 Å². The summed E-state index contributed by atoms with van der Waals surface area (Å²) in [4.78, 5) is 6.12. The first-order valence-corrected chi connectivity index (χ1v) is 4.19. The van der Waals surface area contributed by atoms with Crippen molar-refractivity contribution in [2.24, 2.45) is 0 Å². The number of aromatic nitrogens is 1. The van der Waals surface area contributed by atoms with Crippen molar-refractivity contribution in [3.05, 3.63) is 23.4 Å². The van der Waals surface area contributed by atoms with Crippen molar-refractivity contribution < 1.29 is 5.21 Å². The number of hydrogen-bond donors (Lipinski definition) is 3. The lowest BCUT2D eigenvalue weighted by Gasteiger charge is -2.13. The van der Waals surface area contributed by atoms with E-state index in [4.69, 9.17) is 10.6 Å². The summed E-state index contributed by atoms with van der Waals surface area (Å²) in [5.74, 6) is 0.735. The lowest BCUT2D eigenvalue weighted by Crippen LogP contribution is -2.20. The Morgan fingerprint density at radius 1 is 1.50 bits per heavy atom. The summed E-state index contributed by atoms with van der Waals surface area (Å²) in [6, 6.07) is 3.47. The fourth-order valence-corrected chi connectivity index (χ4v) is 1.09. The van der Waals surface area contributed by atoms with E-state index in [0.29, 0.717) is 5.56 Å². The number of hydrogen-bond acceptors (Lipinski definition) is 4. The molecule has 0 spiro atoms. The molecule has 1 heterocycles. The highest BCUT2D eigenvalue weighted by Crippen LogP contribution is 2.12. The van der Waals surface area contributed by atoms with Crippen LogP contribution in [0.4, 0.5) is 5.82 Å². The maximum atomic E-state index is 8.60. The van der Waals surface area contributed by atoms with Crippen LogP contribution in [0, 0.1) is 12.3 Å². The van der Waals surface area contributed by atoms with Crippen LogP contribution < -0.4 is 10.4 Å². The molecule has 0 saturated heterocycles. The molecule has 1 aromatic heterocycles. The molecule has 0 aromatic carbocycles. The normalized spacial score (nSPS) is 9.71. The summed E-state index contributed by atoms with van der Waals surface area (Å²) < 4.78 is 0. The Bertz CT molecular complexity index is 349. The van der Waals surface area contributed by atoms with E-state index in [1.165, 1.54) is 0 Å². The average Bonchev–Trinajstić information content (AvgIpc) is 2.15. The molecule has 0 aliphatic carbocycles. The van der Waals surface area contributed by atoms with Crippen LogP contribution >= 0.6 is 0 Å². The Labute approximate surface area is 82.9 Å². The highest BCUT2D eigenvalue weighted by Gasteiger charge is 2.05. The van der Waals surface area contributed by atoms with Crippen LogP contribution in [-0.4, -0.2) is 30.1 Å². The SMILES string of the molecule is Cc1cc(C(=N)NO)cc(N(C)C)n1. The molecular formula is C9H14N4O. The van der Waals surface area contributed by atoms with Gasteiger partial charge in [-0.15, -0.1) is 0 Å². The van der Waals surface area contributed by atoms with Crippen LogP contribution in [0.5, 0.6) is 0 Å². The molecule has 1 aromatic rings. The summed E-state index contributed by atoms with van der Waals surface area (Å²) in [5.41, 5.74) is 3.24. The number of hydroxylamine groups is 1. The summed E-state index contributed by atoms with van der Waals surface area (Å²) in [5, 5.41) is 16.0. The molecule has 0 atom stereocenters. The Balaban J connectivity index is 3.13. The molecule has 0 saturated carbocycles. The fourth-order valence-electron chi connectivity index (χ4n) is 1.09. The minimum atomic E-state index is -0.0291. The van der Waals surface area contributed by atoms with Crippen molar-refractivity contribution >= 4 is 11.7 Å². The van der Waals surface area contributed by atoms with Crippen LogP contribution in [0.1, 0.15) is 11.3 Å². The molecule has 0 fully saturated rings. The van der Waals surface area contributed by atoms with Gasteiger partial charge in [-0.05, 0) is 19.1 Å². The molecular weight excluding hydrogens is 180 g/mol. The Morgan fingerprint density at radius 2 is 2.14 bits per heavy atom. The van der Waals surface area contributed by atoms with Gasteiger partial charge in [-0.2, -0.15) is 0 Å². The van der Waals surface area contributed by atoms with Crippen molar-refractivity contribution in [1.29, 1.82) is 5.41 Å². The van der Waals surface area contributed by atoms with E-state index in [2.05, 4.69) is 4.98 Å². The Kier molecular flexibility index (Phi) is 3.03. The number of nitrogens with zero attached hydrogens (tertiary/aromatic N) is 2. The van der Waals surface area contributed by atoms with Crippen molar-refractivity contribution in [3.8, 4) is 0 Å². The van der Waals surface area contributed by atoms with Gasteiger partial charge in [0.15, 0.2) is 0 Å². The predicted molar refractivity (Wildman–Crippen MR) is 55.1 cm³/mol. The summed E-state index contributed by atoms with van der Waals surface area (Å²) >= 11 is 0. The predicted octanol–water partition coefficient (Wildman–Crippen LogP) is 0.760. The van der Waals surface area contributed by atoms with E-state index in [9.17, 15) is 0 Å². The maximum Gasteiger partial charge on any atom is 0.149 e. The third kappa shape index (κ3) is 2.20. The van der Waals surface area contributed by atoms with Gasteiger partial charge in [0.05, 0.1) is 0 Å². The highest BCUT2D eigenvalue weighted by molar-refractivity contribution is 5.96. The van der Waals surface area contributed by atoms with Gasteiger partial charge in [-0.1, -0.05) is 0 Å². The van der Waals surface area contributed by atoms with Gasteiger partial charge in [-0.3, -0.25) is 16.1 Å². The zero-order valence-electron chi connectivity index (χ0n) is 8.50. The quantitative estimate of drug-likeness (QED) is 0.369. The van der Waals surface area contributed by atoms with Crippen molar-refractivity contribution in [2.75, 3.05) is 19.0 Å². The summed E-state index contributed by atoms with van der Waals surface area (Å²) in [6.07, 6.45) is 0. The second-order valence-corrected chi connectivity index (χ2v) is 3.24. The third-order valence-electron chi connectivity index (χ3n) is 1.80. The molecule has 3 N–H and O–H groups in total. The largest absolute Gasteiger partial charge is 0.363 e. The molecule has 5 heteroatoms. The lowest BCUT2D eigenvalue weighted by molar-refractivity contribution is 0.234. The fraction of sp³-hybridized carbons (Fsp3) is 0.333. The first kappa shape index (κ1) is 10.5. The molecule has 0 amide bonds. The first-order valence-electron chi connectivity index (χ1n) is 4.19. The van der Waals surface area contributed by atoms with E-state index < -0.39 is 0 Å². The number of rotatable bonds is 2. The van der Waals surface area contributed by atoms with Gasteiger partial charge in [0.25, 0.3) is 0 Å². The van der Waals surface area contributed by atoms with E-state index >= 15 is 0 Å². The summed E-state index contributed by atoms with van der Waals surface area (Å²) in [7, 11) is 3.75. The highest BCUT2D eigenvalue weighted by atomic mass is 16.5.